The first-order valence-corrected chi connectivity index (χ1v) is 7.87. The molecule has 0 aliphatic carbocycles. The molecule has 0 unspecified atom stereocenters. The fourth-order valence-electron chi connectivity index (χ4n) is 2.37. The van der Waals surface area contributed by atoms with E-state index in [0.29, 0.717) is 6.04 Å². The molecule has 3 rings (SSSR count). The molecule has 17 heavy (non-hydrogen) atoms. The molecule has 0 amide bonds. The molecule has 0 aromatic carbocycles. The van der Waals surface area contributed by atoms with Crippen LogP contribution >= 0.6 is 39.3 Å². The highest BCUT2D eigenvalue weighted by atomic mass is 79.9. The van der Waals surface area contributed by atoms with Gasteiger partial charge in [-0.25, -0.2) is 4.98 Å². The van der Waals surface area contributed by atoms with Crippen LogP contribution in [0.3, 0.4) is 0 Å². The fraction of sp³-hybridized carbons (Fsp3) is 0.545. The molecular weight excluding hydrogens is 322 g/mol. The zero-order valence-corrected chi connectivity index (χ0v) is 12.4. The number of fused-ring (bicyclic) bond motifs is 3. The van der Waals surface area contributed by atoms with Gasteiger partial charge in [-0.15, -0.1) is 11.8 Å². The van der Waals surface area contributed by atoms with Gasteiger partial charge in [0.2, 0.25) is 0 Å². The molecule has 6 heteroatoms. The number of thioether (sulfide) groups is 1. The minimum Gasteiger partial charge on any atom is -0.350 e. The third-order valence-electron chi connectivity index (χ3n) is 3.23. The highest BCUT2D eigenvalue weighted by molar-refractivity contribution is 9.10. The van der Waals surface area contributed by atoms with E-state index in [1.165, 1.54) is 6.42 Å². The van der Waals surface area contributed by atoms with Crippen LogP contribution in [0.5, 0.6) is 0 Å². The maximum atomic E-state index is 6.36. The van der Waals surface area contributed by atoms with E-state index in [-0.39, 0.29) is 0 Å². The normalized spacial score (nSPS) is 23.9. The Morgan fingerprint density at radius 3 is 3.35 bits per heavy atom. The maximum absolute atomic E-state index is 6.36. The summed E-state index contributed by atoms with van der Waals surface area (Å²) in [6, 6.07) is 0.558. The lowest BCUT2D eigenvalue weighted by atomic mass is 10.1. The van der Waals surface area contributed by atoms with E-state index < -0.39 is 0 Å². The molecule has 1 fully saturated rings. The molecule has 0 radical (unpaired) electrons. The van der Waals surface area contributed by atoms with Crippen LogP contribution in [0.1, 0.15) is 6.42 Å². The summed E-state index contributed by atoms with van der Waals surface area (Å²) in [5.74, 6) is 2.17. The molecular formula is C11H13BrClN3S. The van der Waals surface area contributed by atoms with Crippen molar-refractivity contribution >= 4 is 45.1 Å². The predicted molar refractivity (Wildman–Crippen MR) is 76.3 cm³/mol. The van der Waals surface area contributed by atoms with Gasteiger partial charge in [-0.3, -0.25) is 0 Å². The van der Waals surface area contributed by atoms with Gasteiger partial charge in [-0.1, -0.05) is 11.6 Å². The van der Waals surface area contributed by atoms with Gasteiger partial charge in [-0.2, -0.15) is 0 Å². The number of halogens is 2. The Labute approximate surface area is 118 Å². The molecule has 3 heterocycles. The number of rotatable bonds is 0. The van der Waals surface area contributed by atoms with E-state index >= 15 is 0 Å². The lowest BCUT2D eigenvalue weighted by Crippen LogP contribution is -2.51. The Balaban J connectivity index is 2.06. The summed E-state index contributed by atoms with van der Waals surface area (Å²) in [6.45, 7) is 3.09. The maximum Gasteiger partial charge on any atom is 0.144 e. The monoisotopic (exact) mass is 333 g/mol. The number of anilines is 1. The molecule has 1 N–H and O–H groups in total. The van der Waals surface area contributed by atoms with Crippen molar-refractivity contribution in [2.45, 2.75) is 17.4 Å². The second-order valence-corrected chi connectivity index (χ2v) is 6.60. The minimum absolute atomic E-state index is 0.558. The number of nitrogens with zero attached hydrogens (tertiary/aromatic N) is 2. The van der Waals surface area contributed by atoms with Gasteiger partial charge in [0.15, 0.2) is 0 Å². The van der Waals surface area contributed by atoms with Gasteiger partial charge in [0, 0.05) is 37.6 Å². The van der Waals surface area contributed by atoms with Gasteiger partial charge in [0.1, 0.15) is 5.82 Å². The van der Waals surface area contributed by atoms with Crippen LogP contribution in [0.15, 0.2) is 15.6 Å². The molecule has 0 spiro atoms. The fourth-order valence-corrected chi connectivity index (χ4v) is 4.23. The highest BCUT2D eigenvalue weighted by Gasteiger charge is 2.29. The van der Waals surface area contributed by atoms with E-state index in [2.05, 4.69) is 31.1 Å². The third kappa shape index (κ3) is 2.18. The summed E-state index contributed by atoms with van der Waals surface area (Å²) in [5, 5.41) is 4.25. The summed E-state index contributed by atoms with van der Waals surface area (Å²) in [5.41, 5.74) is 0. The van der Waals surface area contributed by atoms with Gasteiger partial charge in [-0.05, 0) is 22.4 Å². The average molecular weight is 335 g/mol. The zero-order chi connectivity index (χ0) is 11.8. The lowest BCUT2D eigenvalue weighted by Gasteiger charge is -2.36. The predicted octanol–water partition coefficient (Wildman–Crippen LogP) is 2.77. The van der Waals surface area contributed by atoms with Crippen LogP contribution in [-0.2, 0) is 0 Å². The van der Waals surface area contributed by atoms with Crippen molar-refractivity contribution in [3.05, 3.63) is 15.7 Å². The second-order valence-electron chi connectivity index (χ2n) is 4.26. The number of nitrogens with one attached hydrogen (secondary N) is 1. The zero-order valence-electron chi connectivity index (χ0n) is 9.25. The van der Waals surface area contributed by atoms with Crippen molar-refractivity contribution in [1.29, 1.82) is 0 Å². The molecule has 1 aromatic heterocycles. The Morgan fingerprint density at radius 1 is 1.59 bits per heavy atom. The summed E-state index contributed by atoms with van der Waals surface area (Å²) in [4.78, 5) is 8.11. The summed E-state index contributed by atoms with van der Waals surface area (Å²) < 4.78 is 0.888. The van der Waals surface area contributed by atoms with E-state index in [9.17, 15) is 0 Å². The standard InChI is InChI=1S/C11H13BrClN3S/c12-8-6-15-11-10(9(8)13)17-4-1-7-5-14-2-3-16(7)11/h6-7,14H,1-5H2/t7-/m1/s1. The van der Waals surface area contributed by atoms with Crippen molar-refractivity contribution in [2.24, 2.45) is 0 Å². The smallest absolute Gasteiger partial charge is 0.144 e. The molecule has 1 saturated heterocycles. The Kier molecular flexibility index (Phi) is 3.52. The van der Waals surface area contributed by atoms with Crippen LogP contribution in [0, 0.1) is 0 Å². The number of pyridine rings is 1. The van der Waals surface area contributed by atoms with Crippen molar-refractivity contribution in [3.63, 3.8) is 0 Å². The van der Waals surface area contributed by atoms with Crippen LogP contribution < -0.4 is 10.2 Å². The van der Waals surface area contributed by atoms with Gasteiger partial charge < -0.3 is 10.2 Å². The van der Waals surface area contributed by atoms with Crippen LogP contribution in [-0.4, -0.2) is 36.4 Å². The van der Waals surface area contributed by atoms with Crippen LogP contribution in [0.4, 0.5) is 5.82 Å². The topological polar surface area (TPSA) is 28.2 Å². The van der Waals surface area contributed by atoms with E-state index in [1.54, 1.807) is 0 Å². The van der Waals surface area contributed by atoms with Crippen LogP contribution in [0.25, 0.3) is 0 Å². The molecule has 2 aliphatic rings. The molecule has 1 atom stereocenters. The van der Waals surface area contributed by atoms with Gasteiger partial charge in [0.05, 0.1) is 14.4 Å². The van der Waals surface area contributed by atoms with E-state index in [1.807, 2.05) is 18.0 Å². The first-order chi connectivity index (χ1) is 8.27. The van der Waals surface area contributed by atoms with Gasteiger partial charge in [0.25, 0.3) is 0 Å². The number of hydrogen-bond donors (Lipinski definition) is 1. The lowest BCUT2D eigenvalue weighted by molar-refractivity contribution is 0.465. The molecule has 92 valence electrons. The summed E-state index contributed by atoms with van der Waals surface area (Å²) >= 11 is 11.6. The van der Waals surface area contributed by atoms with E-state index in [0.717, 1.165) is 45.6 Å². The molecule has 0 saturated carbocycles. The Morgan fingerprint density at radius 2 is 2.47 bits per heavy atom. The van der Waals surface area contributed by atoms with Crippen LogP contribution in [0.2, 0.25) is 5.02 Å². The van der Waals surface area contributed by atoms with Crippen molar-refractivity contribution < 1.29 is 0 Å². The van der Waals surface area contributed by atoms with Gasteiger partial charge >= 0.3 is 0 Å². The van der Waals surface area contributed by atoms with Crippen molar-refractivity contribution in [2.75, 3.05) is 30.3 Å². The van der Waals surface area contributed by atoms with Crippen molar-refractivity contribution in [3.8, 4) is 0 Å². The highest BCUT2D eigenvalue weighted by Crippen LogP contribution is 2.42. The Bertz CT molecular complexity index is 443. The molecule has 3 nitrogen and oxygen atoms in total. The molecule has 1 aromatic rings. The summed E-state index contributed by atoms with van der Waals surface area (Å²) in [6.07, 6.45) is 2.99. The number of piperazine rings is 1. The third-order valence-corrected chi connectivity index (χ3v) is 5.68. The SMILES string of the molecule is Clc1c(Br)cnc2c1SCC[C@@H]1CNCCN21. The summed E-state index contributed by atoms with van der Waals surface area (Å²) in [7, 11) is 0. The first-order valence-electron chi connectivity index (χ1n) is 5.71. The largest absolute Gasteiger partial charge is 0.350 e. The van der Waals surface area contributed by atoms with E-state index in [4.69, 9.17) is 11.6 Å². The molecule has 2 aliphatic heterocycles. The minimum atomic E-state index is 0.558. The average Bonchev–Trinajstić information content (AvgIpc) is 2.54. The quantitative estimate of drug-likeness (QED) is 0.790. The number of aromatic nitrogens is 1. The molecule has 0 bridgehead atoms. The Hall–Kier alpha value is 0.0300. The van der Waals surface area contributed by atoms with Crippen molar-refractivity contribution in [1.82, 2.24) is 10.3 Å². The first kappa shape index (κ1) is 12.1. The second kappa shape index (κ2) is 4.96. The number of hydrogen-bond acceptors (Lipinski definition) is 4.